The molecular formula is C13H13BN2O7. The maximum atomic E-state index is 12.0. The van der Waals surface area contributed by atoms with Crippen molar-refractivity contribution in [3.05, 3.63) is 35.5 Å². The molecule has 0 radical (unpaired) electrons. The van der Waals surface area contributed by atoms with E-state index in [1.54, 1.807) is 0 Å². The van der Waals surface area contributed by atoms with Crippen molar-refractivity contribution < 1.29 is 34.6 Å². The van der Waals surface area contributed by atoms with Crippen molar-refractivity contribution >= 4 is 36.1 Å². The van der Waals surface area contributed by atoms with E-state index in [1.165, 1.54) is 12.1 Å². The van der Waals surface area contributed by atoms with Crippen molar-refractivity contribution in [1.29, 1.82) is 0 Å². The summed E-state index contributed by atoms with van der Waals surface area (Å²) in [4.78, 5) is 35.5. The molecule has 1 heterocycles. The number of β-amino-alcohol motifs (C(OH)–C–C–N with tert-alkyl or cyclic N) is 1. The van der Waals surface area contributed by atoms with Crippen molar-refractivity contribution in [1.82, 2.24) is 4.90 Å². The Balaban J connectivity index is 2.34. The number of carboxylic acids is 1. The van der Waals surface area contributed by atoms with Gasteiger partial charge in [-0.1, -0.05) is 6.07 Å². The van der Waals surface area contributed by atoms with E-state index in [0.717, 1.165) is 17.0 Å². The van der Waals surface area contributed by atoms with Crippen LogP contribution in [-0.2, 0) is 9.59 Å². The van der Waals surface area contributed by atoms with E-state index in [0.29, 0.717) is 0 Å². The van der Waals surface area contributed by atoms with E-state index in [9.17, 15) is 24.4 Å². The number of nitrogens with zero attached hydrogens (tertiary/aromatic N) is 1. The van der Waals surface area contributed by atoms with Gasteiger partial charge in [0.05, 0.1) is 18.7 Å². The zero-order chi connectivity index (χ0) is 17.1. The molecule has 0 aromatic heterocycles. The lowest BCUT2D eigenvalue weighted by Gasteiger charge is -2.15. The van der Waals surface area contributed by atoms with Crippen molar-refractivity contribution in [2.75, 3.05) is 18.5 Å². The van der Waals surface area contributed by atoms with E-state index in [2.05, 4.69) is 5.32 Å². The number of amides is 2. The molecule has 0 saturated carbocycles. The summed E-state index contributed by atoms with van der Waals surface area (Å²) in [5, 5.41) is 39.0. The molecule has 1 aromatic rings. The highest BCUT2D eigenvalue weighted by Gasteiger charge is 2.31. The molecule has 23 heavy (non-hydrogen) atoms. The Morgan fingerprint density at radius 1 is 1.26 bits per heavy atom. The Labute approximate surface area is 130 Å². The summed E-state index contributed by atoms with van der Waals surface area (Å²) in [6.45, 7) is -0.572. The van der Waals surface area contributed by atoms with Gasteiger partial charge in [-0.15, -0.1) is 0 Å². The highest BCUT2D eigenvalue weighted by Crippen LogP contribution is 2.17. The first kappa shape index (κ1) is 16.7. The van der Waals surface area contributed by atoms with Crippen LogP contribution in [0, 0.1) is 0 Å². The normalized spacial score (nSPS) is 14.0. The highest BCUT2D eigenvalue weighted by atomic mass is 16.4. The van der Waals surface area contributed by atoms with Crippen molar-refractivity contribution in [3.8, 4) is 0 Å². The van der Waals surface area contributed by atoms with Gasteiger partial charge in [-0.05, 0) is 12.1 Å². The van der Waals surface area contributed by atoms with Crippen LogP contribution in [-0.4, -0.2) is 63.2 Å². The van der Waals surface area contributed by atoms with Crippen LogP contribution >= 0.6 is 0 Å². The molecule has 0 saturated heterocycles. The van der Waals surface area contributed by atoms with Gasteiger partial charge in [0, 0.05) is 17.2 Å². The number of rotatable bonds is 6. The van der Waals surface area contributed by atoms with Crippen LogP contribution in [0.15, 0.2) is 30.0 Å². The number of aliphatic hydroxyl groups is 1. The fourth-order valence-corrected chi connectivity index (χ4v) is 2.08. The zero-order valence-corrected chi connectivity index (χ0v) is 11.8. The van der Waals surface area contributed by atoms with E-state index in [1.807, 2.05) is 0 Å². The summed E-state index contributed by atoms with van der Waals surface area (Å²) in [7, 11) is -1.90. The molecular weight excluding hydrogens is 307 g/mol. The van der Waals surface area contributed by atoms with Gasteiger partial charge < -0.3 is 25.6 Å². The predicted molar refractivity (Wildman–Crippen MR) is 78.7 cm³/mol. The van der Waals surface area contributed by atoms with Crippen molar-refractivity contribution in [2.24, 2.45) is 0 Å². The van der Waals surface area contributed by atoms with Crippen LogP contribution in [0.3, 0.4) is 0 Å². The van der Waals surface area contributed by atoms with Gasteiger partial charge in [0.2, 0.25) is 0 Å². The lowest BCUT2D eigenvalue weighted by molar-refractivity contribution is -0.137. The maximum absolute atomic E-state index is 12.0. The Hall–Kier alpha value is -2.69. The zero-order valence-electron chi connectivity index (χ0n) is 11.8. The van der Waals surface area contributed by atoms with E-state index in [4.69, 9.17) is 10.2 Å². The maximum Gasteiger partial charge on any atom is 0.490 e. The number of nitrogens with one attached hydrogen (secondary N) is 1. The molecule has 2 amide bonds. The quantitative estimate of drug-likeness (QED) is 0.291. The lowest BCUT2D eigenvalue weighted by atomic mass is 9.78. The molecule has 0 unspecified atom stereocenters. The van der Waals surface area contributed by atoms with Gasteiger partial charge >= 0.3 is 13.1 Å². The third-order valence-electron chi connectivity index (χ3n) is 3.18. The number of aliphatic hydroxyl groups excluding tert-OH is 1. The summed E-state index contributed by atoms with van der Waals surface area (Å²) < 4.78 is 0. The molecule has 0 atom stereocenters. The lowest BCUT2D eigenvalue weighted by Crippen LogP contribution is -2.36. The Kier molecular flexibility index (Phi) is 4.79. The molecule has 0 spiro atoms. The number of aromatic carboxylic acids is 1. The van der Waals surface area contributed by atoms with Gasteiger partial charge in [-0.25, -0.2) is 4.79 Å². The fourth-order valence-electron chi connectivity index (χ4n) is 2.08. The largest absolute Gasteiger partial charge is 0.490 e. The minimum absolute atomic E-state index is 0.0295. The summed E-state index contributed by atoms with van der Waals surface area (Å²) in [5.41, 5.74) is -0.385. The number of hydrogen-bond acceptors (Lipinski definition) is 7. The second-order valence-electron chi connectivity index (χ2n) is 4.68. The molecule has 0 fully saturated rings. The standard InChI is InChI=1S/C13H13BN2O7/c17-4-3-16-11(18)6-10(12(16)19)15-9-5-7(13(20)21)1-2-8(9)14(22)23/h1-2,5-6,15,17,22-23H,3-4H2,(H,20,21). The summed E-state index contributed by atoms with van der Waals surface area (Å²) in [6, 6.07) is 3.48. The molecule has 10 heteroatoms. The smallest absolute Gasteiger partial charge is 0.478 e. The monoisotopic (exact) mass is 320 g/mol. The molecule has 5 N–H and O–H groups in total. The number of anilines is 1. The van der Waals surface area contributed by atoms with E-state index in [-0.39, 0.29) is 29.0 Å². The minimum Gasteiger partial charge on any atom is -0.478 e. The van der Waals surface area contributed by atoms with E-state index >= 15 is 0 Å². The summed E-state index contributed by atoms with van der Waals surface area (Å²) in [5.74, 6) is -2.58. The Morgan fingerprint density at radius 2 is 1.96 bits per heavy atom. The van der Waals surface area contributed by atoms with Crippen LogP contribution in [0.1, 0.15) is 10.4 Å². The van der Waals surface area contributed by atoms with Gasteiger partial charge in [-0.2, -0.15) is 0 Å². The summed E-state index contributed by atoms with van der Waals surface area (Å²) >= 11 is 0. The van der Waals surface area contributed by atoms with Gasteiger partial charge in [-0.3, -0.25) is 14.5 Å². The number of carboxylic acid groups (broad SMARTS) is 1. The van der Waals surface area contributed by atoms with E-state index < -0.39 is 31.5 Å². The van der Waals surface area contributed by atoms with Crippen LogP contribution in [0.25, 0.3) is 0 Å². The first-order chi connectivity index (χ1) is 10.8. The van der Waals surface area contributed by atoms with Crippen LogP contribution in [0.5, 0.6) is 0 Å². The van der Waals surface area contributed by atoms with Crippen LogP contribution in [0.2, 0.25) is 0 Å². The average Bonchev–Trinajstić information content (AvgIpc) is 2.75. The van der Waals surface area contributed by atoms with Crippen LogP contribution in [0.4, 0.5) is 5.69 Å². The first-order valence-corrected chi connectivity index (χ1v) is 6.54. The van der Waals surface area contributed by atoms with Gasteiger partial charge in [0.15, 0.2) is 0 Å². The highest BCUT2D eigenvalue weighted by molar-refractivity contribution is 6.60. The molecule has 120 valence electrons. The Morgan fingerprint density at radius 3 is 2.52 bits per heavy atom. The molecule has 0 aliphatic carbocycles. The van der Waals surface area contributed by atoms with Crippen molar-refractivity contribution in [2.45, 2.75) is 0 Å². The molecule has 1 aliphatic rings. The van der Waals surface area contributed by atoms with Gasteiger partial charge in [0.1, 0.15) is 5.70 Å². The number of hydrogen-bond donors (Lipinski definition) is 5. The average molecular weight is 320 g/mol. The minimum atomic E-state index is -1.90. The first-order valence-electron chi connectivity index (χ1n) is 6.54. The topological polar surface area (TPSA) is 147 Å². The second kappa shape index (κ2) is 6.61. The number of carbonyl (C=O) groups excluding carboxylic acids is 2. The summed E-state index contributed by atoms with van der Waals surface area (Å²) in [6.07, 6.45) is 0.985. The van der Waals surface area contributed by atoms with Gasteiger partial charge in [0.25, 0.3) is 11.8 Å². The molecule has 9 nitrogen and oxygen atoms in total. The Bertz CT molecular complexity index is 702. The second-order valence-corrected chi connectivity index (χ2v) is 4.68. The number of carbonyl (C=O) groups is 3. The molecule has 2 rings (SSSR count). The molecule has 1 aliphatic heterocycles. The number of benzene rings is 1. The van der Waals surface area contributed by atoms with Crippen molar-refractivity contribution in [3.63, 3.8) is 0 Å². The predicted octanol–water partition coefficient (Wildman–Crippen LogP) is -2.28. The third kappa shape index (κ3) is 3.39. The molecule has 1 aromatic carbocycles. The number of imide groups is 1. The molecule has 0 bridgehead atoms. The van der Waals surface area contributed by atoms with Crippen LogP contribution < -0.4 is 10.8 Å². The third-order valence-corrected chi connectivity index (χ3v) is 3.18. The fraction of sp³-hybridized carbons (Fsp3) is 0.154. The SMILES string of the molecule is O=C(O)c1ccc(B(O)O)c(NC2=CC(=O)N(CCO)C2=O)c1.